The van der Waals surface area contributed by atoms with Gasteiger partial charge in [-0.25, -0.2) is 0 Å². The Morgan fingerprint density at radius 1 is 0.537 bits per heavy atom. The molecule has 0 aromatic carbocycles. The molecule has 7 heteroatoms. The van der Waals surface area contributed by atoms with Gasteiger partial charge in [0.05, 0.1) is 11.3 Å². The van der Waals surface area contributed by atoms with Gasteiger partial charge < -0.3 is 19.3 Å². The van der Waals surface area contributed by atoms with E-state index in [9.17, 15) is 0 Å². The lowest BCUT2D eigenvalue weighted by Crippen LogP contribution is -2.74. The molecule has 4 nitrogen and oxygen atoms in total. The van der Waals surface area contributed by atoms with E-state index < -0.39 is 0 Å². The van der Waals surface area contributed by atoms with E-state index in [1.165, 1.54) is 120 Å². The molecule has 11 aliphatic rings. The van der Waals surface area contributed by atoms with Crippen LogP contribution in [0.4, 0.5) is 0 Å². The highest BCUT2D eigenvalue weighted by Crippen LogP contribution is 2.67. The molecule has 0 N–H and O–H groups in total. The third kappa shape index (κ3) is 3.20. The van der Waals surface area contributed by atoms with Gasteiger partial charge in [0.25, 0.3) is 0 Å². The molecule has 0 aromatic rings. The summed E-state index contributed by atoms with van der Waals surface area (Å²) in [5, 5.41) is 3.26. The van der Waals surface area contributed by atoms with Crippen LogP contribution in [0.15, 0.2) is 22.7 Å². The van der Waals surface area contributed by atoms with Crippen molar-refractivity contribution in [1.82, 2.24) is 9.80 Å². The topological polar surface area (TPSA) is 24.9 Å². The highest BCUT2D eigenvalue weighted by molar-refractivity contribution is 8.01. The first kappa shape index (κ1) is 24.7. The molecule has 12 atom stereocenters. The number of nitrogens with zero attached hydrogens (tertiary/aromatic N) is 2. The molecule has 41 heavy (non-hydrogen) atoms. The first-order valence-electron chi connectivity index (χ1n) is 18.0. The summed E-state index contributed by atoms with van der Waals surface area (Å²) in [5.41, 5.74) is 6.39. The lowest BCUT2D eigenvalue weighted by Gasteiger charge is -2.68. The van der Waals surface area contributed by atoms with Crippen LogP contribution < -0.4 is 0 Å². The maximum absolute atomic E-state index is 7.36. The minimum absolute atomic E-state index is 0.408. The Morgan fingerprint density at radius 3 is 1.54 bits per heavy atom. The van der Waals surface area contributed by atoms with Gasteiger partial charge >= 0.3 is 6.71 Å². The highest BCUT2D eigenvalue weighted by atomic mass is 32.2. The van der Waals surface area contributed by atoms with Crippen molar-refractivity contribution in [2.75, 3.05) is 0 Å². The SMILES string of the molecule is C1CCC2C3=C(OC2C1)B1C2=C(C4CCCCC4O2)N2C4CCCCC4SC4CC5SC6CCCCC6N3C5C1C42. The van der Waals surface area contributed by atoms with Crippen molar-refractivity contribution in [3.8, 4) is 0 Å². The van der Waals surface area contributed by atoms with E-state index in [1.54, 1.807) is 11.4 Å². The summed E-state index contributed by atoms with van der Waals surface area (Å²) >= 11 is 4.97. The van der Waals surface area contributed by atoms with Crippen LogP contribution in [0, 0.1) is 11.8 Å². The summed E-state index contributed by atoms with van der Waals surface area (Å²) in [6, 6.07) is 2.88. The summed E-state index contributed by atoms with van der Waals surface area (Å²) in [6.07, 6.45) is 24.6. The lowest BCUT2D eigenvalue weighted by molar-refractivity contribution is 0.0337. The van der Waals surface area contributed by atoms with E-state index >= 15 is 0 Å². The van der Waals surface area contributed by atoms with Gasteiger partial charge in [0.2, 0.25) is 0 Å². The summed E-state index contributed by atoms with van der Waals surface area (Å²) < 4.78 is 14.7. The smallest absolute Gasteiger partial charge is 0.311 e. The Morgan fingerprint density at radius 2 is 1.00 bits per heavy atom. The fourth-order valence-electron chi connectivity index (χ4n) is 12.8. The van der Waals surface area contributed by atoms with Crippen LogP contribution in [-0.2, 0) is 9.47 Å². The van der Waals surface area contributed by atoms with Crippen LogP contribution in [0.5, 0.6) is 0 Å². The molecule has 220 valence electrons. The molecule has 7 fully saturated rings. The monoisotopic (exact) mass is 590 g/mol. The fraction of sp³-hybridized carbons (Fsp3) is 0.882. The molecular weight excluding hydrogens is 543 g/mol. The molecule has 0 bridgehead atoms. The zero-order chi connectivity index (χ0) is 26.4. The summed E-state index contributed by atoms with van der Waals surface area (Å²) in [5.74, 6) is 1.96. The van der Waals surface area contributed by atoms with Crippen LogP contribution in [0.3, 0.4) is 0 Å². The van der Waals surface area contributed by atoms with E-state index in [-0.39, 0.29) is 0 Å². The second kappa shape index (κ2) is 9.01. The average Bonchev–Trinajstić information content (AvgIpc) is 3.59. The number of ether oxygens (including phenoxy) is 2. The van der Waals surface area contributed by atoms with Crippen LogP contribution in [0.25, 0.3) is 0 Å². The van der Waals surface area contributed by atoms with Crippen LogP contribution in [0.1, 0.15) is 109 Å². The van der Waals surface area contributed by atoms with Crippen LogP contribution >= 0.6 is 23.5 Å². The Labute approximate surface area is 255 Å². The molecule has 5 aliphatic carbocycles. The molecule has 5 saturated carbocycles. The maximum atomic E-state index is 7.36. The number of rotatable bonds is 0. The predicted octanol–water partition coefficient (Wildman–Crippen LogP) is 7.16. The van der Waals surface area contributed by atoms with Crippen molar-refractivity contribution in [3.05, 3.63) is 22.7 Å². The van der Waals surface area contributed by atoms with Crippen molar-refractivity contribution in [2.45, 2.75) is 172 Å². The van der Waals surface area contributed by atoms with Gasteiger partial charge in [0.15, 0.2) is 0 Å². The zero-order valence-electron chi connectivity index (χ0n) is 24.6. The largest absolute Gasteiger partial charge is 0.502 e. The fourth-order valence-corrected chi connectivity index (χ4v) is 16.9. The Balaban J connectivity index is 1.15. The summed E-state index contributed by atoms with van der Waals surface area (Å²) in [7, 11) is 0. The molecule has 12 unspecified atom stereocenters. The van der Waals surface area contributed by atoms with E-state index in [0.717, 1.165) is 33.1 Å². The third-order valence-corrected chi connectivity index (χ3v) is 17.5. The van der Waals surface area contributed by atoms with E-state index in [2.05, 4.69) is 33.3 Å². The van der Waals surface area contributed by atoms with Crippen molar-refractivity contribution >= 4 is 30.2 Å². The lowest BCUT2D eigenvalue weighted by atomic mass is 9.30. The van der Waals surface area contributed by atoms with Crippen LogP contribution in [0.2, 0.25) is 5.82 Å². The standard InChI is InChI=1S/C34H47BN2O2S2/c1-5-13-22-18(9-1)29-33(38-22)35-28-31-26(40-24-15-7-3-11-20(24)36(29)31)17-27-32(28)37(21-12-4-8-16-25(21)41-27)30-19-10-2-6-14-23(19)39-34(30)35/h18-28,31-32H,1-17H2. The second-order valence-corrected chi connectivity index (χ2v) is 18.8. The highest BCUT2D eigenvalue weighted by Gasteiger charge is 2.70. The van der Waals surface area contributed by atoms with Gasteiger partial charge in [-0.1, -0.05) is 38.5 Å². The van der Waals surface area contributed by atoms with E-state index in [4.69, 9.17) is 9.47 Å². The van der Waals surface area contributed by atoms with Crippen molar-refractivity contribution in [2.24, 2.45) is 11.8 Å². The van der Waals surface area contributed by atoms with Gasteiger partial charge in [-0.2, -0.15) is 23.5 Å². The van der Waals surface area contributed by atoms with Crippen molar-refractivity contribution < 1.29 is 9.47 Å². The number of fused-ring (bicyclic) bond motifs is 12. The first-order chi connectivity index (χ1) is 20.3. The number of thioether (sulfide) groups is 2. The molecule has 11 rings (SSSR count). The minimum Gasteiger partial charge on any atom is -0.502 e. The average molecular weight is 591 g/mol. The molecular formula is C34H47BN2O2S2. The molecule has 0 radical (unpaired) electrons. The Hall–Kier alpha value is -0.555. The maximum Gasteiger partial charge on any atom is 0.311 e. The van der Waals surface area contributed by atoms with E-state index in [1.807, 2.05) is 0 Å². The van der Waals surface area contributed by atoms with Gasteiger partial charge in [0.1, 0.15) is 12.2 Å². The number of hydrogen-bond acceptors (Lipinski definition) is 6. The molecule has 0 aromatic heterocycles. The molecule has 2 saturated heterocycles. The second-order valence-electron chi connectivity index (χ2n) is 15.8. The van der Waals surface area contributed by atoms with Gasteiger partial charge in [-0.05, 0) is 76.4 Å². The normalized spacial score (nSPS) is 52.3. The number of hydrogen-bond donors (Lipinski definition) is 0. The van der Waals surface area contributed by atoms with E-state index in [0.29, 0.717) is 48.7 Å². The Bertz CT molecular complexity index is 1120. The van der Waals surface area contributed by atoms with Gasteiger partial charge in [0, 0.05) is 68.4 Å². The summed E-state index contributed by atoms with van der Waals surface area (Å²) in [6.45, 7) is 0.408. The van der Waals surface area contributed by atoms with Crippen LogP contribution in [-0.4, -0.2) is 73.9 Å². The van der Waals surface area contributed by atoms with Crippen molar-refractivity contribution in [3.63, 3.8) is 0 Å². The van der Waals surface area contributed by atoms with Crippen molar-refractivity contribution in [1.29, 1.82) is 0 Å². The molecule has 0 spiro atoms. The Kier molecular flexibility index (Phi) is 5.43. The van der Waals surface area contributed by atoms with Gasteiger partial charge in [-0.3, -0.25) is 0 Å². The molecule has 0 amide bonds. The summed E-state index contributed by atoms with van der Waals surface area (Å²) in [4.78, 5) is 6.36. The molecule has 6 heterocycles. The quantitative estimate of drug-likeness (QED) is 0.278. The zero-order valence-corrected chi connectivity index (χ0v) is 26.3. The minimum atomic E-state index is 0.408. The third-order valence-electron chi connectivity index (χ3n) is 14.1. The molecule has 6 aliphatic heterocycles. The van der Waals surface area contributed by atoms with Gasteiger partial charge in [-0.15, -0.1) is 0 Å². The first-order valence-corrected chi connectivity index (χ1v) is 19.9. The predicted molar refractivity (Wildman–Crippen MR) is 168 cm³/mol.